The molecule has 11 heteroatoms. The minimum absolute atomic E-state index is 0.0686. The van der Waals surface area contributed by atoms with Crippen LogP contribution in [-0.2, 0) is 27.8 Å². The maximum Gasteiger partial charge on any atom is 0.573 e. The number of hydrogen-bond donors (Lipinski definition) is 1. The Morgan fingerprint density at radius 3 is 2.53 bits per heavy atom. The number of benzene rings is 3. The molecule has 0 saturated heterocycles. The van der Waals surface area contributed by atoms with Crippen LogP contribution < -0.4 is 9.47 Å². The summed E-state index contributed by atoms with van der Waals surface area (Å²) >= 11 is 0. The van der Waals surface area contributed by atoms with Crippen LogP contribution in [0.2, 0.25) is 0 Å². The molecule has 7 nitrogen and oxygen atoms in total. The van der Waals surface area contributed by atoms with E-state index in [2.05, 4.69) is 4.74 Å². The predicted molar refractivity (Wildman–Crippen MR) is 133 cm³/mol. The van der Waals surface area contributed by atoms with Gasteiger partial charge in [0.25, 0.3) is 0 Å². The molecule has 0 atom stereocenters. The minimum Gasteiger partial charge on any atom is -0.488 e. The molecule has 0 saturated carbocycles. The lowest BCUT2D eigenvalue weighted by atomic mass is 9.94. The molecule has 0 aliphatic carbocycles. The molecule has 4 rings (SSSR count). The molecule has 3 aromatic carbocycles. The topological polar surface area (TPSA) is 93.1 Å². The molecule has 38 heavy (non-hydrogen) atoms. The lowest BCUT2D eigenvalue weighted by Crippen LogP contribution is -2.36. The van der Waals surface area contributed by atoms with Crippen molar-refractivity contribution in [2.24, 2.45) is 0 Å². The van der Waals surface area contributed by atoms with Gasteiger partial charge >= 0.3 is 12.3 Å². The standard InChI is InChI=1S/C27H26F3NO6S/c1-26(2)13-12-20-15-21(10-11-23(20)36-26)38(34,35)31(17-25(32)33)16-18-6-5-7-19(14-18)22-8-3-4-9-24(22)37-27(28,29)30/h3-11,14-15H,12-13,16-17H2,1-2H3,(H,32,33). The molecular weight excluding hydrogens is 523 g/mol. The van der Waals surface area contributed by atoms with Gasteiger partial charge < -0.3 is 14.6 Å². The maximum atomic E-state index is 13.5. The SMILES string of the molecule is CC1(C)CCc2cc(S(=O)(=O)N(CC(=O)O)Cc3cccc(-c4ccccc4OC(F)(F)F)c3)ccc2O1. The summed E-state index contributed by atoms with van der Waals surface area (Å²) in [6.45, 7) is 2.76. The molecular formula is C27H26F3NO6S. The number of aryl methyl sites for hydroxylation is 1. The number of sulfonamides is 1. The van der Waals surface area contributed by atoms with Crippen LogP contribution in [-0.4, -0.2) is 42.3 Å². The first kappa shape index (κ1) is 27.5. The van der Waals surface area contributed by atoms with Crippen LogP contribution in [0.5, 0.6) is 11.5 Å². The van der Waals surface area contributed by atoms with Crippen LogP contribution >= 0.6 is 0 Å². The second kappa shape index (κ2) is 10.3. The predicted octanol–water partition coefficient (Wildman–Crippen LogP) is 5.63. The van der Waals surface area contributed by atoms with Crippen LogP contribution in [0.4, 0.5) is 13.2 Å². The fourth-order valence-electron chi connectivity index (χ4n) is 4.28. The van der Waals surface area contributed by atoms with Crippen LogP contribution in [0.1, 0.15) is 31.4 Å². The van der Waals surface area contributed by atoms with Gasteiger partial charge in [0.2, 0.25) is 10.0 Å². The minimum atomic E-state index is -4.89. The fourth-order valence-corrected chi connectivity index (χ4v) is 5.71. The Kier molecular flexibility index (Phi) is 7.44. The summed E-state index contributed by atoms with van der Waals surface area (Å²) in [5.74, 6) is -1.18. The molecule has 1 aliphatic rings. The number of alkyl halides is 3. The van der Waals surface area contributed by atoms with Crippen molar-refractivity contribution in [2.45, 2.75) is 50.1 Å². The first-order chi connectivity index (χ1) is 17.7. The zero-order valence-electron chi connectivity index (χ0n) is 20.7. The molecule has 0 unspecified atom stereocenters. The molecule has 0 fully saturated rings. The number of carboxylic acid groups (broad SMARTS) is 1. The lowest BCUT2D eigenvalue weighted by molar-refractivity contribution is -0.274. The van der Waals surface area contributed by atoms with E-state index in [1.807, 2.05) is 13.8 Å². The molecule has 202 valence electrons. The van der Waals surface area contributed by atoms with E-state index in [0.717, 1.165) is 4.31 Å². The van der Waals surface area contributed by atoms with Crippen LogP contribution in [0, 0.1) is 0 Å². The van der Waals surface area contributed by atoms with Crippen LogP contribution in [0.25, 0.3) is 11.1 Å². The van der Waals surface area contributed by atoms with Gasteiger partial charge in [-0.3, -0.25) is 4.79 Å². The Morgan fingerprint density at radius 2 is 1.82 bits per heavy atom. The van der Waals surface area contributed by atoms with Crippen molar-refractivity contribution in [1.82, 2.24) is 4.31 Å². The summed E-state index contributed by atoms with van der Waals surface area (Å²) in [5, 5.41) is 9.45. The number of aliphatic carboxylic acids is 1. The summed E-state index contributed by atoms with van der Waals surface area (Å²) in [7, 11) is -4.24. The van der Waals surface area contributed by atoms with Crippen molar-refractivity contribution in [3.63, 3.8) is 0 Å². The van der Waals surface area contributed by atoms with E-state index < -0.39 is 34.6 Å². The highest BCUT2D eigenvalue weighted by atomic mass is 32.2. The molecule has 0 spiro atoms. The monoisotopic (exact) mass is 549 g/mol. The second-order valence-electron chi connectivity index (χ2n) is 9.54. The molecule has 0 aromatic heterocycles. The third kappa shape index (κ3) is 6.46. The third-order valence-corrected chi connectivity index (χ3v) is 7.86. The van der Waals surface area contributed by atoms with Crippen molar-refractivity contribution < 1.29 is 41.0 Å². The Bertz CT molecular complexity index is 1450. The molecule has 0 amide bonds. The first-order valence-corrected chi connectivity index (χ1v) is 13.2. The molecule has 1 heterocycles. The van der Waals surface area contributed by atoms with Gasteiger partial charge in [-0.15, -0.1) is 13.2 Å². The summed E-state index contributed by atoms with van der Waals surface area (Å²) in [5.41, 5.74) is 1.22. The van der Waals surface area contributed by atoms with Gasteiger partial charge in [0.05, 0.1) is 4.90 Å². The third-order valence-electron chi connectivity index (χ3n) is 6.07. The highest BCUT2D eigenvalue weighted by Gasteiger charge is 2.33. The molecule has 1 N–H and O–H groups in total. The molecule has 0 radical (unpaired) electrons. The maximum absolute atomic E-state index is 13.5. The number of carboxylic acids is 1. The number of halogens is 3. The van der Waals surface area contributed by atoms with E-state index in [4.69, 9.17) is 4.74 Å². The molecule has 0 bridgehead atoms. The van der Waals surface area contributed by atoms with Crippen molar-refractivity contribution >= 4 is 16.0 Å². The van der Waals surface area contributed by atoms with Gasteiger partial charge in [-0.05, 0) is 73.7 Å². The zero-order valence-corrected chi connectivity index (χ0v) is 21.5. The average Bonchev–Trinajstić information content (AvgIpc) is 2.82. The number of carbonyl (C=O) groups is 1. The number of ether oxygens (including phenoxy) is 2. The van der Waals surface area contributed by atoms with E-state index in [0.29, 0.717) is 35.3 Å². The van der Waals surface area contributed by atoms with E-state index in [1.165, 1.54) is 36.4 Å². The number of hydrogen-bond acceptors (Lipinski definition) is 5. The number of rotatable bonds is 8. The summed E-state index contributed by atoms with van der Waals surface area (Å²) in [6.07, 6.45) is -3.60. The van der Waals surface area contributed by atoms with E-state index in [-0.39, 0.29) is 22.6 Å². The van der Waals surface area contributed by atoms with Gasteiger partial charge in [-0.1, -0.05) is 36.4 Å². The van der Waals surface area contributed by atoms with Crippen molar-refractivity contribution in [1.29, 1.82) is 0 Å². The first-order valence-electron chi connectivity index (χ1n) is 11.7. The highest BCUT2D eigenvalue weighted by molar-refractivity contribution is 7.89. The van der Waals surface area contributed by atoms with Crippen molar-refractivity contribution in [2.75, 3.05) is 6.54 Å². The second-order valence-corrected chi connectivity index (χ2v) is 11.5. The summed E-state index contributed by atoms with van der Waals surface area (Å²) < 4.78 is 76.6. The summed E-state index contributed by atoms with van der Waals surface area (Å²) in [6, 6.07) is 16.2. The number of fused-ring (bicyclic) bond motifs is 1. The Morgan fingerprint density at radius 1 is 1.08 bits per heavy atom. The van der Waals surface area contributed by atoms with Crippen molar-refractivity contribution in [3.05, 3.63) is 77.9 Å². The normalized spacial score (nSPS) is 15.0. The van der Waals surface area contributed by atoms with E-state index in [9.17, 15) is 31.5 Å². The fraction of sp³-hybridized carbons (Fsp3) is 0.296. The lowest BCUT2D eigenvalue weighted by Gasteiger charge is -2.33. The number of para-hydroxylation sites is 1. The van der Waals surface area contributed by atoms with Crippen LogP contribution in [0.3, 0.4) is 0 Å². The quantitative estimate of drug-likeness (QED) is 0.392. The van der Waals surface area contributed by atoms with Crippen molar-refractivity contribution in [3.8, 4) is 22.6 Å². The Hall–Kier alpha value is -3.57. The van der Waals surface area contributed by atoms with Crippen LogP contribution in [0.15, 0.2) is 71.6 Å². The highest BCUT2D eigenvalue weighted by Crippen LogP contribution is 2.36. The van der Waals surface area contributed by atoms with E-state index in [1.54, 1.807) is 30.3 Å². The van der Waals surface area contributed by atoms with Gasteiger partial charge in [-0.25, -0.2) is 8.42 Å². The largest absolute Gasteiger partial charge is 0.573 e. The van der Waals surface area contributed by atoms with Gasteiger partial charge in [0, 0.05) is 12.1 Å². The number of nitrogens with zero attached hydrogens (tertiary/aromatic N) is 1. The summed E-state index contributed by atoms with van der Waals surface area (Å²) in [4.78, 5) is 11.5. The van der Waals surface area contributed by atoms with Gasteiger partial charge in [0.1, 0.15) is 23.6 Å². The molecule has 3 aromatic rings. The van der Waals surface area contributed by atoms with Gasteiger partial charge in [-0.2, -0.15) is 4.31 Å². The average molecular weight is 550 g/mol. The Labute approximate surface area is 218 Å². The van der Waals surface area contributed by atoms with E-state index >= 15 is 0 Å². The van der Waals surface area contributed by atoms with Gasteiger partial charge in [0.15, 0.2) is 0 Å². The zero-order chi connectivity index (χ0) is 27.7. The molecule has 1 aliphatic heterocycles. The Balaban J connectivity index is 1.65. The smallest absolute Gasteiger partial charge is 0.488 e.